The third-order valence-electron chi connectivity index (χ3n) is 11.5. The van der Waals surface area contributed by atoms with Crippen LogP contribution in [0.5, 0.6) is 0 Å². The Kier molecular flexibility index (Phi) is 9.49. The number of rotatable bonds is 8. The van der Waals surface area contributed by atoms with E-state index >= 15 is 0 Å². The number of hydrogen-bond acceptors (Lipinski definition) is 4. The Morgan fingerprint density at radius 3 is 1.42 bits per heavy atom. The molecule has 0 aliphatic carbocycles. The van der Waals surface area contributed by atoms with Crippen molar-refractivity contribution in [2.45, 2.75) is 0 Å². The van der Waals surface area contributed by atoms with Gasteiger partial charge in [0.2, 0.25) is 0 Å². The number of fused-ring (bicyclic) bond motifs is 2. The predicted molar refractivity (Wildman–Crippen MR) is 256 cm³/mol. The van der Waals surface area contributed by atoms with Crippen LogP contribution in [0.1, 0.15) is 0 Å². The van der Waals surface area contributed by atoms with Crippen molar-refractivity contribution in [2.24, 2.45) is 0 Å². The Morgan fingerprint density at radius 2 is 0.726 bits per heavy atom. The molecule has 0 fully saturated rings. The fourth-order valence-electron chi connectivity index (χ4n) is 8.49. The summed E-state index contributed by atoms with van der Waals surface area (Å²) in [6, 6.07) is 80.7. The van der Waals surface area contributed by atoms with Gasteiger partial charge in [0, 0.05) is 33.2 Å². The lowest BCUT2D eigenvalue weighted by molar-refractivity contribution is 1.18. The second-order valence-corrected chi connectivity index (χ2v) is 15.4. The molecule has 4 nitrogen and oxygen atoms in total. The van der Waals surface area contributed by atoms with Crippen molar-refractivity contribution in [3.05, 3.63) is 231 Å². The summed E-state index contributed by atoms with van der Waals surface area (Å²) in [6.45, 7) is 0. The van der Waals surface area contributed by atoms with Crippen LogP contribution < -0.4 is 0 Å². The molecule has 0 bridgehead atoms. The van der Waals surface area contributed by atoms with E-state index in [9.17, 15) is 0 Å². The van der Waals surface area contributed by atoms with E-state index in [1.165, 1.54) is 27.5 Å². The highest BCUT2D eigenvalue weighted by molar-refractivity contribution is 6.04. The maximum Gasteiger partial charge on any atom is 0.160 e. The fourth-order valence-corrected chi connectivity index (χ4v) is 8.49. The van der Waals surface area contributed by atoms with Crippen LogP contribution in [0.25, 0.3) is 112 Å². The van der Waals surface area contributed by atoms with Crippen molar-refractivity contribution in [1.29, 1.82) is 0 Å². The normalized spacial score (nSPS) is 11.2. The van der Waals surface area contributed by atoms with Crippen molar-refractivity contribution < 1.29 is 0 Å². The van der Waals surface area contributed by atoms with E-state index < -0.39 is 0 Å². The third-order valence-corrected chi connectivity index (χ3v) is 11.5. The Hall–Kier alpha value is -8.34. The van der Waals surface area contributed by atoms with Crippen molar-refractivity contribution in [1.82, 2.24) is 19.9 Å². The molecule has 9 aromatic carbocycles. The van der Waals surface area contributed by atoms with Crippen LogP contribution in [0.4, 0.5) is 0 Å². The highest BCUT2D eigenvalue weighted by Crippen LogP contribution is 2.43. The first-order valence-corrected chi connectivity index (χ1v) is 20.9. The lowest BCUT2D eigenvalue weighted by atomic mass is 9.85. The van der Waals surface area contributed by atoms with Gasteiger partial charge in [-0.2, -0.15) is 0 Å². The second kappa shape index (κ2) is 16.0. The first-order valence-electron chi connectivity index (χ1n) is 20.9. The Morgan fingerprint density at radius 1 is 0.258 bits per heavy atom. The van der Waals surface area contributed by atoms with Crippen LogP contribution in [0.15, 0.2) is 231 Å². The minimum absolute atomic E-state index is 0.700. The van der Waals surface area contributed by atoms with Gasteiger partial charge >= 0.3 is 0 Å². The molecule has 2 heterocycles. The summed E-state index contributed by atoms with van der Waals surface area (Å²) in [6.07, 6.45) is 0. The summed E-state index contributed by atoms with van der Waals surface area (Å²) < 4.78 is 0. The van der Waals surface area contributed by atoms with Gasteiger partial charge in [0.15, 0.2) is 11.6 Å². The van der Waals surface area contributed by atoms with E-state index in [0.29, 0.717) is 11.6 Å². The summed E-state index contributed by atoms with van der Waals surface area (Å²) in [4.78, 5) is 20.2. The lowest BCUT2D eigenvalue weighted by Crippen LogP contribution is -1.96. The molecule has 0 saturated carbocycles. The molecule has 0 radical (unpaired) electrons. The molecular formula is C58H38N4. The van der Waals surface area contributed by atoms with Crippen LogP contribution in [0, 0.1) is 0 Å². The zero-order valence-electron chi connectivity index (χ0n) is 33.7. The highest BCUT2D eigenvalue weighted by atomic mass is 14.9. The minimum atomic E-state index is 0.700. The average Bonchev–Trinajstić information content (AvgIpc) is 3.36. The predicted octanol–water partition coefficient (Wildman–Crippen LogP) is 14.9. The Bertz CT molecular complexity index is 3300. The van der Waals surface area contributed by atoms with E-state index in [-0.39, 0.29) is 0 Å². The van der Waals surface area contributed by atoms with Crippen LogP contribution in [0.2, 0.25) is 0 Å². The van der Waals surface area contributed by atoms with Gasteiger partial charge in [-0.25, -0.2) is 19.9 Å². The SMILES string of the molecule is c1ccc(-c2cc(-c3ccc(-c4cccc(-c5cccc6ccccc56)c4-c4ccc(-c5nc(-c6ccccc6)nc6ccccc56)cc4)cc3)nc(-c3ccccc3)n2)cc1. The van der Waals surface area contributed by atoms with E-state index in [4.69, 9.17) is 19.9 Å². The van der Waals surface area contributed by atoms with E-state index in [1.54, 1.807) is 0 Å². The first-order chi connectivity index (χ1) is 30.7. The minimum Gasteiger partial charge on any atom is -0.228 e. The highest BCUT2D eigenvalue weighted by Gasteiger charge is 2.18. The second-order valence-electron chi connectivity index (χ2n) is 15.4. The molecule has 4 heteroatoms. The molecule has 0 spiro atoms. The number of nitrogens with zero attached hydrogens (tertiary/aromatic N) is 4. The fraction of sp³-hybridized carbons (Fsp3) is 0. The van der Waals surface area contributed by atoms with E-state index in [2.05, 4.69) is 170 Å². The molecule has 0 aliphatic heterocycles. The summed E-state index contributed by atoms with van der Waals surface area (Å²) in [7, 11) is 0. The molecule has 0 atom stereocenters. The molecule has 11 aromatic rings. The zero-order chi connectivity index (χ0) is 41.2. The molecule has 0 unspecified atom stereocenters. The van der Waals surface area contributed by atoms with E-state index in [0.717, 1.165) is 72.5 Å². The monoisotopic (exact) mass is 790 g/mol. The van der Waals surface area contributed by atoms with Crippen molar-refractivity contribution >= 4 is 21.7 Å². The van der Waals surface area contributed by atoms with Crippen molar-refractivity contribution in [3.63, 3.8) is 0 Å². The smallest absolute Gasteiger partial charge is 0.160 e. The number of benzene rings is 9. The average molecular weight is 791 g/mol. The van der Waals surface area contributed by atoms with Gasteiger partial charge in [-0.15, -0.1) is 0 Å². The summed E-state index contributed by atoms with van der Waals surface area (Å²) in [5.41, 5.74) is 15.6. The molecule has 11 rings (SSSR count). The number of aromatic nitrogens is 4. The maximum absolute atomic E-state index is 5.17. The van der Waals surface area contributed by atoms with Gasteiger partial charge in [0.05, 0.1) is 22.6 Å². The number of para-hydroxylation sites is 1. The first kappa shape index (κ1) is 36.7. The van der Waals surface area contributed by atoms with Crippen molar-refractivity contribution in [2.75, 3.05) is 0 Å². The molecular weight excluding hydrogens is 753 g/mol. The van der Waals surface area contributed by atoms with Crippen LogP contribution in [-0.2, 0) is 0 Å². The van der Waals surface area contributed by atoms with E-state index in [1.807, 2.05) is 60.7 Å². The zero-order valence-corrected chi connectivity index (χ0v) is 33.7. The third kappa shape index (κ3) is 7.00. The van der Waals surface area contributed by atoms with Gasteiger partial charge < -0.3 is 0 Å². The molecule has 290 valence electrons. The molecule has 0 saturated heterocycles. The molecule has 0 amide bonds. The molecule has 62 heavy (non-hydrogen) atoms. The largest absolute Gasteiger partial charge is 0.228 e. The molecule has 0 aliphatic rings. The van der Waals surface area contributed by atoms with Crippen LogP contribution in [-0.4, -0.2) is 19.9 Å². The topological polar surface area (TPSA) is 51.6 Å². The van der Waals surface area contributed by atoms with Gasteiger partial charge in [-0.1, -0.05) is 218 Å². The summed E-state index contributed by atoms with van der Waals surface area (Å²) in [5, 5.41) is 3.45. The van der Waals surface area contributed by atoms with Crippen LogP contribution in [0.3, 0.4) is 0 Å². The quantitative estimate of drug-likeness (QED) is 0.154. The standard InChI is InChI=1S/C58H38N4/c1-4-17-41(18-5-1)53-38-54(61-57(60-53)45-19-6-2-7-20-45)42-32-30-40(31-33-42)48-26-15-28-50(49-27-14-23-39-16-10-11-24-47(39)49)55(48)43-34-36-44(37-35-43)56-51-25-12-13-29-52(51)59-58(62-56)46-21-8-3-9-22-46/h1-38H. The van der Waals surface area contributed by atoms with Gasteiger partial charge in [0.25, 0.3) is 0 Å². The number of hydrogen-bond donors (Lipinski definition) is 0. The van der Waals surface area contributed by atoms with Crippen LogP contribution >= 0.6 is 0 Å². The molecule has 0 N–H and O–H groups in total. The van der Waals surface area contributed by atoms with Gasteiger partial charge in [0.1, 0.15) is 0 Å². The summed E-state index contributed by atoms with van der Waals surface area (Å²) in [5.74, 6) is 1.41. The lowest BCUT2D eigenvalue weighted by Gasteiger charge is -2.18. The molecule has 2 aromatic heterocycles. The Labute approximate surface area is 360 Å². The maximum atomic E-state index is 5.17. The Balaban J connectivity index is 1.04. The van der Waals surface area contributed by atoms with Gasteiger partial charge in [-0.3, -0.25) is 0 Å². The summed E-state index contributed by atoms with van der Waals surface area (Å²) >= 11 is 0. The van der Waals surface area contributed by atoms with Gasteiger partial charge in [-0.05, 0) is 56.3 Å². The van der Waals surface area contributed by atoms with Crippen molar-refractivity contribution in [3.8, 4) is 89.9 Å².